The minimum Gasteiger partial charge on any atom is -0.370 e. The lowest BCUT2D eigenvalue weighted by molar-refractivity contribution is 0.910. The highest BCUT2D eigenvalue weighted by Gasteiger charge is 2.13. The number of hydrogen-bond donors (Lipinski definition) is 1. The van der Waals surface area contributed by atoms with Gasteiger partial charge in [0.1, 0.15) is 11.6 Å². The first-order chi connectivity index (χ1) is 9.67. The van der Waals surface area contributed by atoms with Crippen molar-refractivity contribution in [2.45, 2.75) is 40.5 Å². The Morgan fingerprint density at radius 2 is 1.95 bits per heavy atom. The number of pyridine rings is 1. The molecule has 0 saturated carbocycles. The third-order valence-electron chi connectivity index (χ3n) is 3.35. The van der Waals surface area contributed by atoms with Gasteiger partial charge in [0.25, 0.3) is 0 Å². The van der Waals surface area contributed by atoms with Gasteiger partial charge in [-0.25, -0.2) is 9.97 Å². The van der Waals surface area contributed by atoms with E-state index >= 15 is 0 Å². The zero-order chi connectivity index (χ0) is 14.5. The van der Waals surface area contributed by atoms with E-state index in [0.29, 0.717) is 0 Å². The van der Waals surface area contributed by atoms with Crippen LogP contribution in [0.2, 0.25) is 0 Å². The van der Waals surface area contributed by atoms with Crippen LogP contribution in [0.15, 0.2) is 18.5 Å². The van der Waals surface area contributed by atoms with Gasteiger partial charge < -0.3 is 5.32 Å². The fourth-order valence-electron chi connectivity index (χ4n) is 2.11. The Hall–Kier alpha value is -1.97. The number of nitrogens with zero attached hydrogens (tertiary/aromatic N) is 3. The van der Waals surface area contributed by atoms with E-state index in [2.05, 4.69) is 43.0 Å². The molecule has 0 amide bonds. The predicted octanol–water partition coefficient (Wildman–Crippen LogP) is 3.54. The van der Waals surface area contributed by atoms with Crippen molar-refractivity contribution in [1.29, 1.82) is 0 Å². The van der Waals surface area contributed by atoms with Gasteiger partial charge in [0.05, 0.1) is 5.69 Å². The second-order valence-corrected chi connectivity index (χ2v) is 4.93. The summed E-state index contributed by atoms with van der Waals surface area (Å²) < 4.78 is 0. The molecule has 0 aliphatic rings. The van der Waals surface area contributed by atoms with Gasteiger partial charge in [0.15, 0.2) is 0 Å². The number of rotatable bonds is 5. The number of hydrogen-bond acceptors (Lipinski definition) is 4. The van der Waals surface area contributed by atoms with Gasteiger partial charge >= 0.3 is 0 Å². The third kappa shape index (κ3) is 2.95. The number of aromatic nitrogens is 3. The molecule has 0 fully saturated rings. The van der Waals surface area contributed by atoms with Gasteiger partial charge in [-0.15, -0.1) is 0 Å². The van der Waals surface area contributed by atoms with E-state index in [-0.39, 0.29) is 0 Å². The summed E-state index contributed by atoms with van der Waals surface area (Å²) in [6, 6.07) is 2.02. The summed E-state index contributed by atoms with van der Waals surface area (Å²) in [4.78, 5) is 13.5. The second-order valence-electron chi connectivity index (χ2n) is 4.93. The van der Waals surface area contributed by atoms with Crippen molar-refractivity contribution in [2.24, 2.45) is 0 Å². The minimum absolute atomic E-state index is 0.827. The molecule has 0 aliphatic heterocycles. The summed E-state index contributed by atoms with van der Waals surface area (Å²) in [6.07, 6.45) is 5.60. The topological polar surface area (TPSA) is 50.7 Å². The molecule has 0 spiro atoms. The highest BCUT2D eigenvalue weighted by atomic mass is 15.0. The Kier molecular flexibility index (Phi) is 4.66. The molecule has 0 saturated heterocycles. The smallest absolute Gasteiger partial charge is 0.133 e. The van der Waals surface area contributed by atoms with Gasteiger partial charge in [-0.05, 0) is 31.9 Å². The van der Waals surface area contributed by atoms with E-state index in [1.54, 1.807) is 0 Å². The first-order valence-corrected chi connectivity index (χ1v) is 7.19. The lowest BCUT2D eigenvalue weighted by Gasteiger charge is -2.14. The van der Waals surface area contributed by atoms with Crippen LogP contribution in [0.3, 0.4) is 0 Å². The summed E-state index contributed by atoms with van der Waals surface area (Å²) in [5, 5.41) is 3.40. The van der Waals surface area contributed by atoms with Crippen LogP contribution in [0.1, 0.15) is 37.2 Å². The van der Waals surface area contributed by atoms with Gasteiger partial charge in [0, 0.05) is 36.5 Å². The fraction of sp³-hybridized carbons (Fsp3) is 0.438. The standard InChI is InChI=1S/C16H22N4/c1-5-8-18-16-12(4)15(19-14(6-2)20-16)13-10-17-9-7-11(13)3/h7,9-10H,5-6,8H2,1-4H3,(H,18,19,20). The lowest BCUT2D eigenvalue weighted by Crippen LogP contribution is -2.09. The minimum atomic E-state index is 0.827. The van der Waals surface area contributed by atoms with Gasteiger partial charge in [0.2, 0.25) is 0 Å². The van der Waals surface area contributed by atoms with Crippen molar-refractivity contribution < 1.29 is 0 Å². The van der Waals surface area contributed by atoms with Crippen molar-refractivity contribution in [3.05, 3.63) is 35.4 Å². The maximum Gasteiger partial charge on any atom is 0.133 e. The summed E-state index contributed by atoms with van der Waals surface area (Å²) >= 11 is 0. The Bertz CT molecular complexity index is 593. The first kappa shape index (κ1) is 14.4. The summed E-state index contributed by atoms with van der Waals surface area (Å²) in [6.45, 7) is 9.31. The van der Waals surface area contributed by atoms with Gasteiger partial charge in [-0.1, -0.05) is 13.8 Å². The molecule has 4 heteroatoms. The molecule has 0 radical (unpaired) electrons. The molecule has 2 aromatic heterocycles. The van der Waals surface area contributed by atoms with Crippen LogP contribution in [0, 0.1) is 13.8 Å². The van der Waals surface area contributed by atoms with Crippen LogP contribution >= 0.6 is 0 Å². The fourth-order valence-corrected chi connectivity index (χ4v) is 2.11. The van der Waals surface area contributed by atoms with E-state index in [4.69, 9.17) is 4.98 Å². The third-order valence-corrected chi connectivity index (χ3v) is 3.35. The molecule has 20 heavy (non-hydrogen) atoms. The number of aryl methyl sites for hydroxylation is 2. The largest absolute Gasteiger partial charge is 0.370 e. The Morgan fingerprint density at radius 1 is 1.15 bits per heavy atom. The molecule has 106 valence electrons. The maximum absolute atomic E-state index is 4.70. The van der Waals surface area contributed by atoms with Crippen LogP contribution in [-0.4, -0.2) is 21.5 Å². The van der Waals surface area contributed by atoms with Crippen molar-refractivity contribution in [3.8, 4) is 11.3 Å². The summed E-state index contributed by atoms with van der Waals surface area (Å²) in [7, 11) is 0. The quantitative estimate of drug-likeness (QED) is 0.903. The highest BCUT2D eigenvalue weighted by molar-refractivity contribution is 5.70. The summed E-state index contributed by atoms with van der Waals surface area (Å²) in [5.74, 6) is 1.81. The predicted molar refractivity (Wildman–Crippen MR) is 82.9 cm³/mol. The number of anilines is 1. The molecule has 2 rings (SSSR count). The molecule has 2 heterocycles. The second kappa shape index (κ2) is 6.46. The molecule has 0 bridgehead atoms. The van der Waals surface area contributed by atoms with Crippen LogP contribution in [0.4, 0.5) is 5.82 Å². The van der Waals surface area contributed by atoms with Crippen molar-refractivity contribution in [1.82, 2.24) is 15.0 Å². The Balaban J connectivity index is 2.54. The van der Waals surface area contributed by atoms with Crippen LogP contribution < -0.4 is 5.32 Å². The molecular formula is C16H22N4. The average molecular weight is 270 g/mol. The first-order valence-electron chi connectivity index (χ1n) is 7.19. The Labute approximate surface area is 120 Å². The molecular weight excluding hydrogens is 248 g/mol. The molecule has 0 unspecified atom stereocenters. The maximum atomic E-state index is 4.70. The van der Waals surface area contributed by atoms with Gasteiger partial charge in [-0.2, -0.15) is 0 Å². The Morgan fingerprint density at radius 3 is 2.60 bits per heavy atom. The van der Waals surface area contributed by atoms with E-state index < -0.39 is 0 Å². The lowest BCUT2D eigenvalue weighted by atomic mass is 10.0. The van der Waals surface area contributed by atoms with Crippen molar-refractivity contribution >= 4 is 5.82 Å². The van der Waals surface area contributed by atoms with E-state index in [1.807, 2.05) is 18.5 Å². The van der Waals surface area contributed by atoms with Crippen molar-refractivity contribution in [3.63, 3.8) is 0 Å². The van der Waals surface area contributed by atoms with E-state index in [0.717, 1.165) is 47.8 Å². The van der Waals surface area contributed by atoms with Crippen LogP contribution in [-0.2, 0) is 6.42 Å². The zero-order valence-electron chi connectivity index (χ0n) is 12.7. The van der Waals surface area contributed by atoms with Gasteiger partial charge in [-0.3, -0.25) is 4.98 Å². The molecule has 0 aromatic carbocycles. The summed E-state index contributed by atoms with van der Waals surface area (Å²) in [5.41, 5.74) is 4.35. The molecule has 2 aromatic rings. The highest BCUT2D eigenvalue weighted by Crippen LogP contribution is 2.27. The van der Waals surface area contributed by atoms with Crippen molar-refractivity contribution in [2.75, 3.05) is 11.9 Å². The SMILES string of the molecule is CCCNc1nc(CC)nc(-c2cnccc2C)c1C. The van der Waals surface area contributed by atoms with Crippen LogP contribution in [0.25, 0.3) is 11.3 Å². The van der Waals surface area contributed by atoms with Crippen LogP contribution in [0.5, 0.6) is 0 Å². The molecule has 4 nitrogen and oxygen atoms in total. The number of nitrogens with one attached hydrogen (secondary N) is 1. The normalized spacial score (nSPS) is 10.6. The molecule has 1 N–H and O–H groups in total. The molecule has 0 aliphatic carbocycles. The molecule has 0 atom stereocenters. The average Bonchev–Trinajstić information content (AvgIpc) is 2.47. The van der Waals surface area contributed by atoms with E-state index in [9.17, 15) is 0 Å². The monoisotopic (exact) mass is 270 g/mol. The van der Waals surface area contributed by atoms with E-state index in [1.165, 1.54) is 5.56 Å². The zero-order valence-corrected chi connectivity index (χ0v) is 12.7.